The van der Waals surface area contributed by atoms with Gasteiger partial charge >= 0.3 is 5.97 Å². The molecular formula is C22H23NO4. The zero-order valence-corrected chi connectivity index (χ0v) is 16.0. The highest BCUT2D eigenvalue weighted by molar-refractivity contribution is 5.94. The maximum atomic E-state index is 12.1. The number of furan rings is 1. The molecule has 3 aromatic rings. The van der Waals surface area contributed by atoms with Crippen molar-refractivity contribution in [1.82, 2.24) is 0 Å². The van der Waals surface area contributed by atoms with Crippen LogP contribution in [-0.4, -0.2) is 18.5 Å². The summed E-state index contributed by atoms with van der Waals surface area (Å²) in [6.45, 7) is 7.54. The molecule has 0 saturated carbocycles. The van der Waals surface area contributed by atoms with E-state index in [-0.39, 0.29) is 18.9 Å². The summed E-state index contributed by atoms with van der Waals surface area (Å²) in [4.78, 5) is 24.2. The smallest absolute Gasteiger partial charge is 0.310 e. The van der Waals surface area contributed by atoms with Gasteiger partial charge in [0, 0.05) is 16.6 Å². The summed E-state index contributed by atoms with van der Waals surface area (Å²) >= 11 is 0. The third-order valence-corrected chi connectivity index (χ3v) is 4.71. The second-order valence-corrected chi connectivity index (χ2v) is 6.85. The number of anilines is 1. The van der Waals surface area contributed by atoms with Crippen LogP contribution in [0.1, 0.15) is 27.8 Å². The second kappa shape index (κ2) is 7.66. The van der Waals surface area contributed by atoms with Crippen LogP contribution in [0.5, 0.6) is 0 Å². The Balaban J connectivity index is 1.59. The van der Waals surface area contributed by atoms with Crippen molar-refractivity contribution in [2.45, 2.75) is 34.1 Å². The lowest BCUT2D eigenvalue weighted by Crippen LogP contribution is -2.22. The molecule has 1 heterocycles. The average Bonchev–Trinajstić information content (AvgIpc) is 3.03. The molecule has 3 rings (SSSR count). The van der Waals surface area contributed by atoms with Gasteiger partial charge in [0.15, 0.2) is 6.61 Å². The van der Waals surface area contributed by atoms with Gasteiger partial charge in [-0.3, -0.25) is 9.59 Å². The zero-order chi connectivity index (χ0) is 19.6. The van der Waals surface area contributed by atoms with Crippen molar-refractivity contribution in [2.24, 2.45) is 0 Å². The first-order chi connectivity index (χ1) is 12.8. The number of rotatable bonds is 5. The maximum Gasteiger partial charge on any atom is 0.310 e. The molecule has 1 N–H and O–H groups in total. The molecule has 0 unspecified atom stereocenters. The van der Waals surface area contributed by atoms with Gasteiger partial charge in [0.1, 0.15) is 5.58 Å². The van der Waals surface area contributed by atoms with Crippen molar-refractivity contribution in [3.8, 4) is 0 Å². The van der Waals surface area contributed by atoms with E-state index in [1.807, 2.05) is 58.0 Å². The van der Waals surface area contributed by atoms with Gasteiger partial charge in [0.2, 0.25) is 0 Å². The molecule has 1 aromatic heterocycles. The summed E-state index contributed by atoms with van der Waals surface area (Å²) in [6, 6.07) is 9.74. The average molecular weight is 365 g/mol. The Hall–Kier alpha value is -3.08. The SMILES string of the molecule is Cc1ccc(C)c(NC(=O)COC(=O)Cc2coc3c(C)c(C)ccc23)c1. The largest absolute Gasteiger partial charge is 0.464 e. The van der Waals surface area contributed by atoms with Gasteiger partial charge in [0.25, 0.3) is 5.91 Å². The quantitative estimate of drug-likeness (QED) is 0.681. The van der Waals surface area contributed by atoms with Crippen molar-refractivity contribution in [3.05, 3.63) is 64.4 Å². The lowest BCUT2D eigenvalue weighted by Gasteiger charge is -2.09. The highest BCUT2D eigenvalue weighted by Crippen LogP contribution is 2.27. The summed E-state index contributed by atoms with van der Waals surface area (Å²) in [5.74, 6) is -0.826. The third kappa shape index (κ3) is 4.19. The van der Waals surface area contributed by atoms with Crippen LogP contribution in [0.25, 0.3) is 11.0 Å². The molecule has 0 aliphatic rings. The van der Waals surface area contributed by atoms with E-state index in [2.05, 4.69) is 5.32 Å². The van der Waals surface area contributed by atoms with Crippen LogP contribution in [0.3, 0.4) is 0 Å². The standard InChI is InChI=1S/C22H23NO4/c1-13-5-6-15(3)19(9-13)23-20(24)12-26-21(25)10-17-11-27-22-16(4)14(2)7-8-18(17)22/h5-9,11H,10,12H2,1-4H3,(H,23,24). The normalized spacial score (nSPS) is 10.8. The van der Waals surface area contributed by atoms with Crippen molar-refractivity contribution < 1.29 is 18.7 Å². The molecule has 0 atom stereocenters. The highest BCUT2D eigenvalue weighted by atomic mass is 16.5. The van der Waals surface area contributed by atoms with E-state index in [0.29, 0.717) is 0 Å². The van der Waals surface area contributed by atoms with E-state index in [9.17, 15) is 9.59 Å². The number of hydrogen-bond acceptors (Lipinski definition) is 4. The van der Waals surface area contributed by atoms with Crippen molar-refractivity contribution in [1.29, 1.82) is 0 Å². The van der Waals surface area contributed by atoms with Crippen LogP contribution >= 0.6 is 0 Å². The number of carbonyl (C=O) groups is 2. The van der Waals surface area contributed by atoms with Gasteiger partial charge < -0.3 is 14.5 Å². The minimum Gasteiger partial charge on any atom is -0.464 e. The number of fused-ring (bicyclic) bond motifs is 1. The summed E-state index contributed by atoms with van der Waals surface area (Å²) in [6.07, 6.45) is 1.64. The lowest BCUT2D eigenvalue weighted by molar-refractivity contribution is -0.146. The molecule has 2 aromatic carbocycles. The van der Waals surface area contributed by atoms with Crippen LogP contribution in [0, 0.1) is 27.7 Å². The molecule has 5 nitrogen and oxygen atoms in total. The summed E-state index contributed by atoms with van der Waals surface area (Å²) < 4.78 is 10.7. The van der Waals surface area contributed by atoms with E-state index in [1.54, 1.807) is 6.26 Å². The molecule has 1 amide bonds. The van der Waals surface area contributed by atoms with Gasteiger partial charge in [-0.2, -0.15) is 0 Å². The van der Waals surface area contributed by atoms with Crippen LogP contribution in [0.15, 0.2) is 41.0 Å². The van der Waals surface area contributed by atoms with Crippen molar-refractivity contribution >= 4 is 28.5 Å². The number of benzene rings is 2. The minimum absolute atomic E-state index is 0.0618. The molecule has 0 aliphatic carbocycles. The van der Waals surface area contributed by atoms with Crippen LogP contribution in [0.2, 0.25) is 0 Å². The predicted octanol–water partition coefficient (Wildman–Crippen LogP) is 4.39. The van der Waals surface area contributed by atoms with Gasteiger partial charge in [-0.15, -0.1) is 0 Å². The number of ether oxygens (including phenoxy) is 1. The number of nitrogens with one attached hydrogen (secondary N) is 1. The van der Waals surface area contributed by atoms with Crippen molar-refractivity contribution in [2.75, 3.05) is 11.9 Å². The van der Waals surface area contributed by atoms with E-state index in [1.165, 1.54) is 0 Å². The van der Waals surface area contributed by atoms with Gasteiger partial charge in [-0.05, 0) is 56.0 Å². The number of aryl methyl sites for hydroxylation is 4. The molecule has 0 bridgehead atoms. The molecular weight excluding hydrogens is 342 g/mol. The zero-order valence-electron chi connectivity index (χ0n) is 16.0. The monoisotopic (exact) mass is 365 g/mol. The number of amides is 1. The van der Waals surface area contributed by atoms with Crippen molar-refractivity contribution in [3.63, 3.8) is 0 Å². The molecule has 140 valence electrons. The Bertz CT molecular complexity index is 1020. The molecule has 0 aliphatic heterocycles. The van der Waals surface area contributed by atoms with Crippen LogP contribution < -0.4 is 5.32 Å². The van der Waals surface area contributed by atoms with Gasteiger partial charge in [-0.1, -0.05) is 24.3 Å². The Morgan fingerprint density at radius 1 is 1.04 bits per heavy atom. The van der Waals surface area contributed by atoms with E-state index in [0.717, 1.165) is 44.5 Å². The summed E-state index contributed by atoms with van der Waals surface area (Å²) in [7, 11) is 0. The Labute approximate surface area is 158 Å². The fourth-order valence-electron chi connectivity index (χ4n) is 2.93. The molecule has 5 heteroatoms. The van der Waals surface area contributed by atoms with Gasteiger partial charge in [0.05, 0.1) is 12.7 Å². The first-order valence-corrected chi connectivity index (χ1v) is 8.84. The number of esters is 1. The first kappa shape index (κ1) is 18.7. The molecule has 0 spiro atoms. The van der Waals surface area contributed by atoms with E-state index >= 15 is 0 Å². The lowest BCUT2D eigenvalue weighted by atomic mass is 10.0. The van der Waals surface area contributed by atoms with E-state index in [4.69, 9.17) is 9.15 Å². The Morgan fingerprint density at radius 2 is 1.78 bits per heavy atom. The third-order valence-electron chi connectivity index (χ3n) is 4.71. The van der Waals surface area contributed by atoms with Gasteiger partial charge in [-0.25, -0.2) is 0 Å². The Morgan fingerprint density at radius 3 is 2.56 bits per heavy atom. The molecule has 0 fully saturated rings. The fourth-order valence-corrected chi connectivity index (χ4v) is 2.93. The second-order valence-electron chi connectivity index (χ2n) is 6.85. The number of carbonyl (C=O) groups excluding carboxylic acids is 2. The Kier molecular flexibility index (Phi) is 5.31. The molecule has 0 radical (unpaired) electrons. The summed E-state index contributed by atoms with van der Waals surface area (Å²) in [5.41, 5.74) is 6.46. The minimum atomic E-state index is -0.466. The summed E-state index contributed by atoms with van der Waals surface area (Å²) in [5, 5.41) is 3.67. The fraction of sp³-hybridized carbons (Fsp3) is 0.273. The predicted molar refractivity (Wildman–Crippen MR) is 105 cm³/mol. The van der Waals surface area contributed by atoms with Crippen LogP contribution in [-0.2, 0) is 20.7 Å². The highest BCUT2D eigenvalue weighted by Gasteiger charge is 2.15. The maximum absolute atomic E-state index is 12.1. The molecule has 27 heavy (non-hydrogen) atoms. The molecule has 0 saturated heterocycles. The first-order valence-electron chi connectivity index (χ1n) is 8.84. The van der Waals surface area contributed by atoms with Crippen LogP contribution in [0.4, 0.5) is 5.69 Å². The number of hydrogen-bond donors (Lipinski definition) is 1. The topological polar surface area (TPSA) is 68.5 Å². The van der Waals surface area contributed by atoms with E-state index < -0.39 is 5.97 Å².